The van der Waals surface area contributed by atoms with Crippen LogP contribution in [-0.2, 0) is 12.8 Å². The Balaban J connectivity index is 2.13. The van der Waals surface area contributed by atoms with Gasteiger partial charge in [0.2, 0.25) is 0 Å². The molecule has 1 atom stereocenters. The second-order valence-corrected chi connectivity index (χ2v) is 5.95. The SMILES string of the molecule is NNC(Cc1ccc(Cl)c(Cl)c1)Cc1cccc(Cl)c1F. The number of hydrogen-bond donors (Lipinski definition) is 2. The van der Waals surface area contributed by atoms with Crippen molar-refractivity contribution < 1.29 is 4.39 Å². The molecular formula is C15H14Cl3FN2. The monoisotopic (exact) mass is 346 g/mol. The zero-order chi connectivity index (χ0) is 15.4. The molecule has 0 fully saturated rings. The highest BCUT2D eigenvalue weighted by molar-refractivity contribution is 6.42. The standard InChI is InChI=1S/C15H14Cl3FN2/c16-12-5-4-9(7-14(12)18)6-11(21-20)8-10-2-1-3-13(17)15(10)19/h1-5,7,11,21H,6,8,20H2. The van der Waals surface area contributed by atoms with Gasteiger partial charge < -0.3 is 0 Å². The third kappa shape index (κ3) is 4.31. The minimum Gasteiger partial charge on any atom is -0.271 e. The van der Waals surface area contributed by atoms with Crippen molar-refractivity contribution in [1.29, 1.82) is 0 Å². The van der Waals surface area contributed by atoms with Gasteiger partial charge in [0.25, 0.3) is 0 Å². The van der Waals surface area contributed by atoms with Crippen LogP contribution >= 0.6 is 34.8 Å². The van der Waals surface area contributed by atoms with Gasteiger partial charge >= 0.3 is 0 Å². The molecule has 2 nitrogen and oxygen atoms in total. The van der Waals surface area contributed by atoms with Crippen molar-refractivity contribution in [3.63, 3.8) is 0 Å². The molecule has 0 aliphatic carbocycles. The lowest BCUT2D eigenvalue weighted by molar-refractivity contribution is 0.506. The van der Waals surface area contributed by atoms with E-state index in [9.17, 15) is 4.39 Å². The van der Waals surface area contributed by atoms with E-state index in [0.29, 0.717) is 28.5 Å². The maximum Gasteiger partial charge on any atom is 0.145 e. The number of nitrogens with two attached hydrogens (primary N) is 1. The maximum absolute atomic E-state index is 13.9. The normalized spacial score (nSPS) is 12.4. The van der Waals surface area contributed by atoms with Crippen molar-refractivity contribution >= 4 is 34.8 Å². The summed E-state index contributed by atoms with van der Waals surface area (Å²) in [6.07, 6.45) is 1.02. The zero-order valence-electron chi connectivity index (χ0n) is 11.0. The fraction of sp³-hybridized carbons (Fsp3) is 0.200. The molecule has 112 valence electrons. The molecule has 0 bridgehead atoms. The van der Waals surface area contributed by atoms with Crippen molar-refractivity contribution in [2.75, 3.05) is 0 Å². The maximum atomic E-state index is 13.9. The van der Waals surface area contributed by atoms with Gasteiger partial charge in [-0.25, -0.2) is 4.39 Å². The van der Waals surface area contributed by atoms with Crippen LogP contribution < -0.4 is 11.3 Å². The van der Waals surface area contributed by atoms with Gasteiger partial charge in [-0.1, -0.05) is 53.0 Å². The second-order valence-electron chi connectivity index (χ2n) is 4.73. The molecule has 0 aromatic heterocycles. The van der Waals surface area contributed by atoms with Gasteiger partial charge in [0, 0.05) is 6.04 Å². The summed E-state index contributed by atoms with van der Waals surface area (Å²) in [6, 6.07) is 10.2. The smallest absolute Gasteiger partial charge is 0.145 e. The topological polar surface area (TPSA) is 38.0 Å². The van der Waals surface area contributed by atoms with Crippen LogP contribution in [0.5, 0.6) is 0 Å². The fourth-order valence-electron chi connectivity index (χ4n) is 2.11. The van der Waals surface area contributed by atoms with E-state index >= 15 is 0 Å². The molecule has 0 heterocycles. The highest BCUT2D eigenvalue weighted by Gasteiger charge is 2.14. The van der Waals surface area contributed by atoms with Crippen LogP contribution in [0.2, 0.25) is 15.1 Å². The Morgan fingerprint density at radius 2 is 1.76 bits per heavy atom. The molecule has 3 N–H and O–H groups in total. The molecule has 2 aromatic carbocycles. The quantitative estimate of drug-likeness (QED) is 0.621. The molecule has 21 heavy (non-hydrogen) atoms. The Morgan fingerprint density at radius 1 is 1.00 bits per heavy atom. The van der Waals surface area contributed by atoms with Gasteiger partial charge in [-0.3, -0.25) is 11.3 Å². The molecule has 2 rings (SSSR count). The number of nitrogens with one attached hydrogen (secondary N) is 1. The number of rotatable bonds is 5. The number of hydrogen-bond acceptors (Lipinski definition) is 2. The first-order valence-corrected chi connectivity index (χ1v) is 7.47. The molecule has 2 aromatic rings. The highest BCUT2D eigenvalue weighted by atomic mass is 35.5. The molecule has 1 unspecified atom stereocenters. The summed E-state index contributed by atoms with van der Waals surface area (Å²) in [6.45, 7) is 0. The molecule has 0 radical (unpaired) electrons. The van der Waals surface area contributed by atoms with Crippen molar-refractivity contribution in [2.45, 2.75) is 18.9 Å². The van der Waals surface area contributed by atoms with Crippen molar-refractivity contribution in [3.05, 3.63) is 68.4 Å². The Labute approximate surface area is 138 Å². The summed E-state index contributed by atoms with van der Waals surface area (Å²) >= 11 is 17.6. The first-order valence-electron chi connectivity index (χ1n) is 6.34. The number of halogens is 4. The predicted molar refractivity (Wildman–Crippen MR) is 86.4 cm³/mol. The van der Waals surface area contributed by atoms with Crippen LogP contribution in [-0.4, -0.2) is 6.04 Å². The van der Waals surface area contributed by atoms with Gasteiger partial charge in [-0.05, 0) is 42.2 Å². The lowest BCUT2D eigenvalue weighted by Crippen LogP contribution is -2.38. The summed E-state index contributed by atoms with van der Waals surface area (Å²) in [7, 11) is 0. The highest BCUT2D eigenvalue weighted by Crippen LogP contribution is 2.24. The molecular weight excluding hydrogens is 334 g/mol. The van der Waals surface area contributed by atoms with Gasteiger partial charge in [0.15, 0.2) is 0 Å². The first-order chi connectivity index (χ1) is 10.0. The van der Waals surface area contributed by atoms with E-state index in [-0.39, 0.29) is 11.1 Å². The van der Waals surface area contributed by atoms with Crippen molar-refractivity contribution in [3.8, 4) is 0 Å². The minimum atomic E-state index is -0.409. The van der Waals surface area contributed by atoms with E-state index in [2.05, 4.69) is 5.43 Å². The third-order valence-corrected chi connectivity index (χ3v) is 4.23. The number of benzene rings is 2. The Morgan fingerprint density at radius 3 is 2.43 bits per heavy atom. The Hall–Kier alpha value is -0.840. The van der Waals surface area contributed by atoms with Crippen LogP contribution in [0, 0.1) is 5.82 Å². The minimum absolute atomic E-state index is 0.109. The van der Waals surface area contributed by atoms with Crippen LogP contribution in [0.4, 0.5) is 4.39 Å². The van der Waals surface area contributed by atoms with Gasteiger partial charge in [0.1, 0.15) is 5.82 Å². The average Bonchev–Trinajstić information content (AvgIpc) is 2.47. The fourth-order valence-corrected chi connectivity index (χ4v) is 2.63. The van der Waals surface area contributed by atoms with E-state index in [1.807, 2.05) is 6.07 Å². The Bertz CT molecular complexity index is 634. The largest absolute Gasteiger partial charge is 0.271 e. The average molecular weight is 348 g/mol. The van der Waals surface area contributed by atoms with E-state index < -0.39 is 5.82 Å². The molecule has 0 spiro atoms. The van der Waals surface area contributed by atoms with Crippen LogP contribution in [0.15, 0.2) is 36.4 Å². The van der Waals surface area contributed by atoms with Gasteiger partial charge in [-0.15, -0.1) is 0 Å². The zero-order valence-corrected chi connectivity index (χ0v) is 13.3. The van der Waals surface area contributed by atoms with E-state index in [0.717, 1.165) is 5.56 Å². The molecule has 0 aliphatic heterocycles. The lowest BCUT2D eigenvalue weighted by atomic mass is 9.99. The van der Waals surface area contributed by atoms with Crippen LogP contribution in [0.3, 0.4) is 0 Å². The molecule has 6 heteroatoms. The van der Waals surface area contributed by atoms with Crippen molar-refractivity contribution in [1.82, 2.24) is 5.43 Å². The van der Waals surface area contributed by atoms with Crippen LogP contribution in [0.1, 0.15) is 11.1 Å². The lowest BCUT2D eigenvalue weighted by Gasteiger charge is -2.17. The van der Waals surface area contributed by atoms with E-state index in [4.69, 9.17) is 40.6 Å². The number of hydrazine groups is 1. The second kappa shape index (κ2) is 7.43. The summed E-state index contributed by atoms with van der Waals surface area (Å²) in [5.74, 6) is 5.15. The summed E-state index contributed by atoms with van der Waals surface area (Å²) in [5.41, 5.74) is 4.18. The first kappa shape index (κ1) is 16.5. The van der Waals surface area contributed by atoms with Gasteiger partial charge in [-0.2, -0.15) is 0 Å². The van der Waals surface area contributed by atoms with Crippen LogP contribution in [0.25, 0.3) is 0 Å². The molecule has 0 saturated carbocycles. The molecule has 0 saturated heterocycles. The summed E-state index contributed by atoms with van der Waals surface area (Å²) < 4.78 is 13.9. The van der Waals surface area contributed by atoms with Crippen molar-refractivity contribution in [2.24, 2.45) is 5.84 Å². The summed E-state index contributed by atoms with van der Waals surface area (Å²) in [5, 5.41) is 1.09. The Kier molecular flexibility index (Phi) is 5.85. The third-order valence-electron chi connectivity index (χ3n) is 3.20. The summed E-state index contributed by atoms with van der Waals surface area (Å²) in [4.78, 5) is 0. The molecule has 0 amide bonds. The van der Waals surface area contributed by atoms with Gasteiger partial charge in [0.05, 0.1) is 15.1 Å². The van der Waals surface area contributed by atoms with E-state index in [1.165, 1.54) is 6.07 Å². The predicted octanol–water partition coefficient (Wildman–Crippen LogP) is 4.40. The van der Waals surface area contributed by atoms with E-state index in [1.54, 1.807) is 24.3 Å². The molecule has 0 aliphatic rings.